The quantitative estimate of drug-likeness (QED) is 0.866. The molecule has 1 N–H and O–H groups in total. The molecule has 7 heteroatoms. The molecular formula is C13H15Cl2N3O2. The molecule has 2 heterocycles. The molecule has 2 rings (SSSR count). The fraction of sp³-hybridized carbons (Fsp3) is 0.462. The van der Waals surface area contributed by atoms with Gasteiger partial charge in [-0.25, -0.2) is 4.98 Å². The van der Waals surface area contributed by atoms with Gasteiger partial charge in [-0.15, -0.1) is 0 Å². The highest BCUT2D eigenvalue weighted by molar-refractivity contribution is 6.36. The van der Waals surface area contributed by atoms with E-state index in [0.29, 0.717) is 5.02 Å². The van der Waals surface area contributed by atoms with Crippen LogP contribution in [-0.2, 0) is 9.59 Å². The Balaban J connectivity index is 1.96. The number of amides is 1. The van der Waals surface area contributed by atoms with E-state index in [1.807, 2.05) is 4.90 Å². The summed E-state index contributed by atoms with van der Waals surface area (Å²) in [6.45, 7) is 0.905. The number of aromatic nitrogens is 1. The molecule has 0 spiro atoms. The van der Waals surface area contributed by atoms with Gasteiger partial charge in [0.15, 0.2) is 5.82 Å². The van der Waals surface area contributed by atoms with Gasteiger partial charge < -0.3 is 10.1 Å². The van der Waals surface area contributed by atoms with Crippen molar-refractivity contribution in [1.29, 1.82) is 0 Å². The second kappa shape index (κ2) is 7.02. The molecule has 0 aliphatic carbocycles. The maximum atomic E-state index is 12.0. The molecule has 1 fully saturated rings. The molecule has 0 aromatic carbocycles. The second-order valence-corrected chi connectivity index (χ2v) is 5.55. The van der Waals surface area contributed by atoms with E-state index in [1.54, 1.807) is 0 Å². The van der Waals surface area contributed by atoms with Crippen LogP contribution < -0.4 is 5.32 Å². The predicted molar refractivity (Wildman–Crippen MR) is 78.2 cm³/mol. The first-order valence-corrected chi connectivity index (χ1v) is 7.16. The number of aldehydes is 1. The molecule has 1 aliphatic heterocycles. The molecule has 1 atom stereocenters. The highest BCUT2D eigenvalue weighted by atomic mass is 35.5. The van der Waals surface area contributed by atoms with E-state index >= 15 is 0 Å². The summed E-state index contributed by atoms with van der Waals surface area (Å²) in [6.07, 6.45) is 5.14. The van der Waals surface area contributed by atoms with Crippen LogP contribution in [0.25, 0.3) is 0 Å². The Hall–Kier alpha value is -1.17. The van der Waals surface area contributed by atoms with Crippen molar-refractivity contribution in [2.75, 3.05) is 18.4 Å². The van der Waals surface area contributed by atoms with Gasteiger partial charge in [-0.3, -0.25) is 9.69 Å². The van der Waals surface area contributed by atoms with E-state index in [1.165, 1.54) is 12.3 Å². The number of rotatable bonds is 4. The Morgan fingerprint density at radius 1 is 1.50 bits per heavy atom. The molecule has 5 nitrogen and oxygen atoms in total. The number of hydrogen-bond donors (Lipinski definition) is 1. The second-order valence-electron chi connectivity index (χ2n) is 4.70. The third kappa shape index (κ3) is 3.91. The smallest absolute Gasteiger partial charge is 0.239 e. The van der Waals surface area contributed by atoms with Crippen molar-refractivity contribution in [3.63, 3.8) is 0 Å². The summed E-state index contributed by atoms with van der Waals surface area (Å²) in [5, 5.41) is 3.33. The van der Waals surface area contributed by atoms with Crippen LogP contribution in [0.2, 0.25) is 10.0 Å². The van der Waals surface area contributed by atoms with Crippen molar-refractivity contribution < 1.29 is 9.59 Å². The average Bonchev–Trinajstić information content (AvgIpc) is 2.42. The maximum absolute atomic E-state index is 12.0. The number of nitrogens with zero attached hydrogens (tertiary/aromatic N) is 2. The number of halogens is 2. The van der Waals surface area contributed by atoms with Crippen LogP contribution in [0.5, 0.6) is 0 Å². The number of likely N-dealkylation sites (tertiary alicyclic amines) is 1. The molecule has 1 amide bonds. The fourth-order valence-corrected chi connectivity index (χ4v) is 2.66. The minimum absolute atomic E-state index is 0.157. The number of hydrogen-bond acceptors (Lipinski definition) is 4. The first-order chi connectivity index (χ1) is 9.60. The Labute approximate surface area is 127 Å². The van der Waals surface area contributed by atoms with E-state index in [4.69, 9.17) is 23.2 Å². The number of carbonyl (C=O) groups excluding carboxylic acids is 2. The van der Waals surface area contributed by atoms with E-state index in [0.717, 1.165) is 32.1 Å². The number of piperidine rings is 1. The van der Waals surface area contributed by atoms with Gasteiger partial charge in [0.25, 0.3) is 0 Å². The SMILES string of the molecule is O=CC1CCCCN1CC(=O)Nc1ncc(Cl)cc1Cl. The Kier molecular flexibility index (Phi) is 5.34. The van der Waals surface area contributed by atoms with Crippen molar-refractivity contribution in [3.8, 4) is 0 Å². The van der Waals surface area contributed by atoms with Gasteiger partial charge in [0.05, 0.1) is 22.6 Å². The Bertz CT molecular complexity index is 510. The van der Waals surface area contributed by atoms with Crippen LogP contribution in [0, 0.1) is 0 Å². The zero-order valence-corrected chi connectivity index (χ0v) is 12.3. The van der Waals surface area contributed by atoms with Gasteiger partial charge in [-0.1, -0.05) is 29.6 Å². The molecular weight excluding hydrogens is 301 g/mol. The molecule has 1 aromatic heterocycles. The summed E-state index contributed by atoms with van der Waals surface area (Å²) in [5.41, 5.74) is 0. The van der Waals surface area contributed by atoms with Crippen LogP contribution in [0.4, 0.5) is 5.82 Å². The van der Waals surface area contributed by atoms with Crippen molar-refractivity contribution in [1.82, 2.24) is 9.88 Å². The largest absolute Gasteiger partial charge is 0.308 e. The standard InChI is InChI=1S/C13H15Cl2N3O2/c14-9-5-11(15)13(16-6-9)17-12(20)7-18-4-2-1-3-10(18)8-19/h5-6,8,10H,1-4,7H2,(H,16,17,20). The highest BCUT2D eigenvalue weighted by Gasteiger charge is 2.23. The summed E-state index contributed by atoms with van der Waals surface area (Å²) in [7, 11) is 0. The molecule has 0 radical (unpaired) electrons. The van der Waals surface area contributed by atoms with Crippen LogP contribution >= 0.6 is 23.2 Å². The first-order valence-electron chi connectivity index (χ1n) is 6.40. The Morgan fingerprint density at radius 2 is 2.30 bits per heavy atom. The van der Waals surface area contributed by atoms with Gasteiger partial charge in [0, 0.05) is 6.20 Å². The van der Waals surface area contributed by atoms with E-state index in [2.05, 4.69) is 10.3 Å². The molecule has 0 bridgehead atoms. The molecule has 20 heavy (non-hydrogen) atoms. The number of carbonyl (C=O) groups is 2. The third-order valence-corrected chi connectivity index (χ3v) is 3.73. The topological polar surface area (TPSA) is 62.3 Å². The fourth-order valence-electron chi connectivity index (χ4n) is 2.23. The normalized spacial score (nSPS) is 19.6. The van der Waals surface area contributed by atoms with Crippen molar-refractivity contribution in [3.05, 3.63) is 22.3 Å². The summed E-state index contributed by atoms with van der Waals surface area (Å²) >= 11 is 11.7. The van der Waals surface area contributed by atoms with Gasteiger partial charge >= 0.3 is 0 Å². The van der Waals surface area contributed by atoms with E-state index < -0.39 is 0 Å². The lowest BCUT2D eigenvalue weighted by atomic mass is 10.0. The van der Waals surface area contributed by atoms with E-state index in [9.17, 15) is 9.59 Å². The van der Waals surface area contributed by atoms with Gasteiger partial charge in [-0.05, 0) is 25.5 Å². The van der Waals surface area contributed by atoms with Crippen LogP contribution in [0.15, 0.2) is 12.3 Å². The zero-order chi connectivity index (χ0) is 14.5. The molecule has 0 saturated carbocycles. The van der Waals surface area contributed by atoms with Crippen molar-refractivity contribution in [2.24, 2.45) is 0 Å². The van der Waals surface area contributed by atoms with Crippen LogP contribution in [0.3, 0.4) is 0 Å². The predicted octanol–water partition coefficient (Wildman–Crippen LogP) is 2.38. The monoisotopic (exact) mass is 315 g/mol. The molecule has 1 unspecified atom stereocenters. The number of nitrogens with one attached hydrogen (secondary N) is 1. The number of pyridine rings is 1. The lowest BCUT2D eigenvalue weighted by Gasteiger charge is -2.31. The zero-order valence-electron chi connectivity index (χ0n) is 10.8. The summed E-state index contributed by atoms with van der Waals surface area (Å²) in [6, 6.07) is 1.34. The lowest BCUT2D eigenvalue weighted by Crippen LogP contribution is -2.44. The number of anilines is 1. The van der Waals surface area contributed by atoms with Crippen molar-refractivity contribution >= 4 is 41.2 Å². The van der Waals surface area contributed by atoms with Gasteiger partial charge in [0.1, 0.15) is 6.29 Å². The summed E-state index contributed by atoms with van der Waals surface area (Å²) in [4.78, 5) is 28.8. The summed E-state index contributed by atoms with van der Waals surface area (Å²) in [5.74, 6) is 0.0381. The minimum atomic E-state index is -0.240. The van der Waals surface area contributed by atoms with Crippen molar-refractivity contribution in [2.45, 2.75) is 25.3 Å². The van der Waals surface area contributed by atoms with Gasteiger partial charge in [-0.2, -0.15) is 0 Å². The first kappa shape index (κ1) is 15.2. The average molecular weight is 316 g/mol. The third-order valence-electron chi connectivity index (χ3n) is 3.23. The van der Waals surface area contributed by atoms with Crippen LogP contribution in [-0.4, -0.2) is 41.2 Å². The Morgan fingerprint density at radius 3 is 3.00 bits per heavy atom. The van der Waals surface area contributed by atoms with E-state index in [-0.39, 0.29) is 29.3 Å². The maximum Gasteiger partial charge on any atom is 0.239 e. The van der Waals surface area contributed by atoms with Crippen LogP contribution in [0.1, 0.15) is 19.3 Å². The van der Waals surface area contributed by atoms with Gasteiger partial charge in [0.2, 0.25) is 5.91 Å². The molecule has 108 valence electrons. The summed E-state index contributed by atoms with van der Waals surface area (Å²) < 4.78 is 0. The lowest BCUT2D eigenvalue weighted by molar-refractivity contribution is -0.120. The molecule has 1 aliphatic rings. The highest BCUT2D eigenvalue weighted by Crippen LogP contribution is 2.22. The molecule has 1 saturated heterocycles. The molecule has 1 aromatic rings. The minimum Gasteiger partial charge on any atom is -0.308 e.